The van der Waals surface area contributed by atoms with E-state index in [2.05, 4.69) is 9.88 Å². The SMILES string of the molecule is Nc1ncc(CN2CCCCCC2CC(O)c2cccs2)s1. The van der Waals surface area contributed by atoms with Crippen molar-refractivity contribution in [1.82, 2.24) is 9.88 Å². The number of hydrogen-bond donors (Lipinski definition) is 2. The van der Waals surface area contributed by atoms with Crippen molar-refractivity contribution in [1.29, 1.82) is 0 Å². The van der Waals surface area contributed by atoms with E-state index < -0.39 is 0 Å². The zero-order valence-corrected chi connectivity index (χ0v) is 14.3. The van der Waals surface area contributed by atoms with Crippen LogP contribution in [0.3, 0.4) is 0 Å². The largest absolute Gasteiger partial charge is 0.388 e. The van der Waals surface area contributed by atoms with Gasteiger partial charge in [-0.05, 0) is 37.3 Å². The van der Waals surface area contributed by atoms with Crippen LogP contribution in [0.4, 0.5) is 5.13 Å². The van der Waals surface area contributed by atoms with Crippen LogP contribution in [0.1, 0.15) is 48.0 Å². The molecule has 0 radical (unpaired) electrons. The number of likely N-dealkylation sites (tertiary alicyclic amines) is 1. The van der Waals surface area contributed by atoms with E-state index in [-0.39, 0.29) is 6.10 Å². The molecule has 22 heavy (non-hydrogen) atoms. The number of thiazole rings is 1. The highest BCUT2D eigenvalue weighted by molar-refractivity contribution is 7.15. The highest BCUT2D eigenvalue weighted by Gasteiger charge is 2.25. The number of aliphatic hydroxyl groups excluding tert-OH is 1. The number of thiophene rings is 1. The van der Waals surface area contributed by atoms with Gasteiger partial charge >= 0.3 is 0 Å². The second kappa shape index (κ2) is 7.55. The van der Waals surface area contributed by atoms with Crippen LogP contribution in [0.2, 0.25) is 0 Å². The fourth-order valence-corrected chi connectivity index (χ4v) is 4.60. The number of anilines is 1. The van der Waals surface area contributed by atoms with Gasteiger partial charge < -0.3 is 10.8 Å². The van der Waals surface area contributed by atoms with E-state index in [1.54, 1.807) is 22.7 Å². The number of nitrogens with zero attached hydrogens (tertiary/aromatic N) is 2. The average Bonchev–Trinajstić information content (AvgIpc) is 3.12. The lowest BCUT2D eigenvalue weighted by molar-refractivity contribution is 0.100. The summed E-state index contributed by atoms with van der Waals surface area (Å²) in [6.07, 6.45) is 7.29. The van der Waals surface area contributed by atoms with Gasteiger partial charge in [0.15, 0.2) is 5.13 Å². The molecule has 0 aliphatic carbocycles. The highest BCUT2D eigenvalue weighted by Crippen LogP contribution is 2.30. The fraction of sp³-hybridized carbons (Fsp3) is 0.562. The molecule has 2 aromatic heterocycles. The highest BCUT2D eigenvalue weighted by atomic mass is 32.1. The van der Waals surface area contributed by atoms with Crippen LogP contribution in [-0.4, -0.2) is 27.6 Å². The zero-order chi connectivity index (χ0) is 15.4. The molecular formula is C16H23N3OS2. The van der Waals surface area contributed by atoms with Gasteiger partial charge in [0.25, 0.3) is 0 Å². The molecule has 1 saturated heterocycles. The molecule has 2 aromatic rings. The molecule has 1 aliphatic heterocycles. The molecule has 4 nitrogen and oxygen atoms in total. The summed E-state index contributed by atoms with van der Waals surface area (Å²) in [6, 6.07) is 4.47. The Balaban J connectivity index is 1.67. The lowest BCUT2D eigenvalue weighted by atomic mass is 10.0. The molecule has 1 fully saturated rings. The Hall–Kier alpha value is -0.950. The quantitative estimate of drug-likeness (QED) is 0.874. The van der Waals surface area contributed by atoms with Crippen LogP contribution in [0.25, 0.3) is 0 Å². The van der Waals surface area contributed by atoms with Crippen LogP contribution < -0.4 is 5.73 Å². The van der Waals surface area contributed by atoms with E-state index >= 15 is 0 Å². The first-order valence-electron chi connectivity index (χ1n) is 7.88. The first-order valence-corrected chi connectivity index (χ1v) is 9.57. The third kappa shape index (κ3) is 4.07. The van der Waals surface area contributed by atoms with Gasteiger partial charge in [-0.2, -0.15) is 0 Å². The Bertz CT molecular complexity index is 570. The number of nitrogens with two attached hydrogens (primary N) is 1. The molecular weight excluding hydrogens is 314 g/mol. The third-order valence-electron chi connectivity index (χ3n) is 4.30. The minimum Gasteiger partial charge on any atom is -0.388 e. The van der Waals surface area contributed by atoms with Crippen LogP contribution in [-0.2, 0) is 6.54 Å². The standard InChI is InChI=1S/C16H23N3OS2/c17-16-18-10-13(22-16)11-19-7-3-1-2-5-12(19)9-14(20)15-6-4-8-21-15/h4,6,8,10,12,14,20H,1-3,5,7,9,11H2,(H2,17,18). The van der Waals surface area contributed by atoms with Crippen molar-refractivity contribution in [3.05, 3.63) is 33.5 Å². The molecule has 6 heteroatoms. The van der Waals surface area contributed by atoms with Crippen molar-refractivity contribution < 1.29 is 5.11 Å². The third-order valence-corrected chi connectivity index (χ3v) is 6.08. The predicted molar refractivity (Wildman–Crippen MR) is 93.1 cm³/mol. The maximum absolute atomic E-state index is 10.5. The smallest absolute Gasteiger partial charge is 0.180 e. The summed E-state index contributed by atoms with van der Waals surface area (Å²) in [5.74, 6) is 0. The summed E-state index contributed by atoms with van der Waals surface area (Å²) in [4.78, 5) is 8.96. The molecule has 2 unspecified atom stereocenters. The number of hydrogen-bond acceptors (Lipinski definition) is 6. The first kappa shape index (κ1) is 15.9. The van der Waals surface area contributed by atoms with Gasteiger partial charge in [-0.25, -0.2) is 4.98 Å². The molecule has 0 saturated carbocycles. The Labute approximate surface area is 139 Å². The zero-order valence-electron chi connectivity index (χ0n) is 12.6. The van der Waals surface area contributed by atoms with Crippen LogP contribution in [0.15, 0.2) is 23.7 Å². The molecule has 1 aliphatic rings. The van der Waals surface area contributed by atoms with Crippen molar-refractivity contribution in [2.45, 2.75) is 50.8 Å². The fourth-order valence-electron chi connectivity index (χ4n) is 3.16. The Morgan fingerprint density at radius 2 is 2.32 bits per heavy atom. The summed E-state index contributed by atoms with van der Waals surface area (Å²) in [5.41, 5.74) is 5.74. The Morgan fingerprint density at radius 1 is 1.41 bits per heavy atom. The first-order chi connectivity index (χ1) is 10.7. The van der Waals surface area contributed by atoms with Crippen molar-refractivity contribution >= 4 is 27.8 Å². The van der Waals surface area contributed by atoms with Gasteiger partial charge in [0.05, 0.1) is 6.10 Å². The summed E-state index contributed by atoms with van der Waals surface area (Å²) in [5, 5.41) is 13.2. The minimum absolute atomic E-state index is 0.350. The summed E-state index contributed by atoms with van der Waals surface area (Å²) in [6.45, 7) is 2.00. The number of rotatable bonds is 5. The second-order valence-electron chi connectivity index (χ2n) is 5.91. The van der Waals surface area contributed by atoms with E-state index in [1.807, 2.05) is 23.7 Å². The van der Waals surface area contributed by atoms with Crippen molar-refractivity contribution in [3.8, 4) is 0 Å². The van der Waals surface area contributed by atoms with Crippen LogP contribution in [0, 0.1) is 0 Å². The van der Waals surface area contributed by atoms with Gasteiger partial charge in [0.2, 0.25) is 0 Å². The maximum Gasteiger partial charge on any atom is 0.180 e. The Kier molecular flexibility index (Phi) is 5.46. The number of aromatic nitrogens is 1. The van der Waals surface area contributed by atoms with Gasteiger partial charge in [-0.1, -0.05) is 18.9 Å². The Morgan fingerprint density at radius 3 is 3.05 bits per heavy atom. The van der Waals surface area contributed by atoms with E-state index in [9.17, 15) is 5.11 Å². The minimum atomic E-state index is -0.350. The van der Waals surface area contributed by atoms with Gasteiger partial charge in [-0.3, -0.25) is 4.90 Å². The average molecular weight is 338 g/mol. The lowest BCUT2D eigenvalue weighted by Gasteiger charge is -2.30. The summed E-state index contributed by atoms with van der Waals surface area (Å²) in [7, 11) is 0. The second-order valence-corrected chi connectivity index (χ2v) is 8.03. The van der Waals surface area contributed by atoms with Crippen molar-refractivity contribution in [2.75, 3.05) is 12.3 Å². The maximum atomic E-state index is 10.5. The summed E-state index contributed by atoms with van der Waals surface area (Å²) < 4.78 is 0. The molecule has 2 atom stereocenters. The van der Waals surface area contributed by atoms with E-state index in [1.165, 1.54) is 24.1 Å². The normalized spacial score (nSPS) is 21.6. The van der Waals surface area contributed by atoms with Crippen LogP contribution in [0.5, 0.6) is 0 Å². The molecule has 3 rings (SSSR count). The van der Waals surface area contributed by atoms with Gasteiger partial charge in [0.1, 0.15) is 0 Å². The molecule has 120 valence electrons. The molecule has 0 aromatic carbocycles. The lowest BCUT2D eigenvalue weighted by Crippen LogP contribution is -2.35. The van der Waals surface area contributed by atoms with Crippen LogP contribution >= 0.6 is 22.7 Å². The van der Waals surface area contributed by atoms with Gasteiger partial charge in [-0.15, -0.1) is 22.7 Å². The molecule has 0 bridgehead atoms. The molecule has 0 amide bonds. The molecule has 3 heterocycles. The number of aliphatic hydroxyl groups is 1. The topological polar surface area (TPSA) is 62.4 Å². The molecule has 3 N–H and O–H groups in total. The van der Waals surface area contributed by atoms with Gasteiger partial charge in [0, 0.05) is 28.5 Å². The summed E-state index contributed by atoms with van der Waals surface area (Å²) >= 11 is 3.21. The van der Waals surface area contributed by atoms with E-state index in [0.717, 1.165) is 30.8 Å². The van der Waals surface area contributed by atoms with E-state index in [4.69, 9.17) is 5.73 Å². The van der Waals surface area contributed by atoms with E-state index in [0.29, 0.717) is 11.2 Å². The van der Waals surface area contributed by atoms with Crippen molar-refractivity contribution in [2.24, 2.45) is 0 Å². The monoisotopic (exact) mass is 337 g/mol. The number of nitrogen functional groups attached to an aromatic ring is 1. The van der Waals surface area contributed by atoms with Crippen molar-refractivity contribution in [3.63, 3.8) is 0 Å². The molecule has 0 spiro atoms. The predicted octanol–water partition coefficient (Wildman–Crippen LogP) is 3.66.